The summed E-state index contributed by atoms with van der Waals surface area (Å²) in [6, 6.07) is 8.58. The van der Waals surface area contributed by atoms with Gasteiger partial charge in [0.1, 0.15) is 41.3 Å². The zero-order valence-electron chi connectivity index (χ0n) is 19.9. The Kier molecular flexibility index (Phi) is 6.94. The summed E-state index contributed by atoms with van der Waals surface area (Å²) in [7, 11) is 0. The van der Waals surface area contributed by atoms with Crippen LogP contribution in [-0.2, 0) is 17.9 Å². The van der Waals surface area contributed by atoms with Gasteiger partial charge in [-0.05, 0) is 49.7 Å². The van der Waals surface area contributed by atoms with E-state index in [1.807, 2.05) is 0 Å². The first-order chi connectivity index (χ1) is 17.4. The van der Waals surface area contributed by atoms with Crippen molar-refractivity contribution in [2.75, 3.05) is 16.5 Å². The molecule has 0 spiro atoms. The molecule has 3 aromatic rings. The highest BCUT2D eigenvalue weighted by Crippen LogP contribution is 2.38. The molecule has 0 aliphatic carbocycles. The highest BCUT2D eigenvalue weighted by atomic mass is 35.5. The number of fused-ring (bicyclic) bond motifs is 1. The van der Waals surface area contributed by atoms with Gasteiger partial charge >= 0.3 is 6.03 Å². The van der Waals surface area contributed by atoms with Crippen LogP contribution in [0.4, 0.5) is 25.0 Å². The monoisotopic (exact) mass is 532 g/mol. The molecule has 0 atom stereocenters. The lowest BCUT2D eigenvalue weighted by Gasteiger charge is -2.24. The SMILES string of the molecule is CC(C)(O)C(=O)N1CN(C(N)=O)c2cc(Cn3ccc(OCc4ccc(F)cc4F)c(Cl)c3=O)ccc21. The summed E-state index contributed by atoms with van der Waals surface area (Å²) in [5, 5.41) is 9.90. The second-order valence-electron chi connectivity index (χ2n) is 8.97. The first-order valence-electron chi connectivity index (χ1n) is 11.1. The Bertz CT molecular complexity index is 1450. The van der Waals surface area contributed by atoms with Crippen LogP contribution < -0.4 is 25.8 Å². The lowest BCUT2D eigenvalue weighted by Crippen LogP contribution is -2.48. The Morgan fingerprint density at radius 1 is 1.11 bits per heavy atom. The smallest absolute Gasteiger partial charge is 0.320 e. The normalized spacial score (nSPS) is 13.0. The van der Waals surface area contributed by atoms with Gasteiger partial charge in [0.05, 0.1) is 17.9 Å². The van der Waals surface area contributed by atoms with Gasteiger partial charge in [0.2, 0.25) is 0 Å². The molecule has 3 amide bonds. The minimum atomic E-state index is -1.67. The van der Waals surface area contributed by atoms with Crippen molar-refractivity contribution in [1.29, 1.82) is 0 Å². The minimum absolute atomic E-state index is 0.0290. The van der Waals surface area contributed by atoms with Gasteiger partial charge in [0.25, 0.3) is 11.5 Å². The average Bonchev–Trinajstić information content (AvgIpc) is 3.20. The predicted octanol–water partition coefficient (Wildman–Crippen LogP) is 3.37. The maximum atomic E-state index is 13.9. The second-order valence-corrected chi connectivity index (χ2v) is 9.35. The molecule has 2 heterocycles. The number of amides is 3. The Morgan fingerprint density at radius 2 is 1.84 bits per heavy atom. The average molecular weight is 533 g/mol. The molecule has 1 aromatic heterocycles. The van der Waals surface area contributed by atoms with Crippen molar-refractivity contribution < 1.29 is 28.2 Å². The number of carbonyl (C=O) groups excluding carboxylic acids is 2. The maximum absolute atomic E-state index is 13.9. The molecule has 2 aromatic carbocycles. The van der Waals surface area contributed by atoms with Crippen molar-refractivity contribution in [3.05, 3.63) is 86.8 Å². The number of aromatic nitrogens is 1. The number of halogens is 3. The first-order valence-corrected chi connectivity index (χ1v) is 11.4. The number of aliphatic hydroxyl groups is 1. The number of pyridine rings is 1. The fourth-order valence-electron chi connectivity index (χ4n) is 3.85. The fourth-order valence-corrected chi connectivity index (χ4v) is 4.08. The van der Waals surface area contributed by atoms with Crippen molar-refractivity contribution in [3.8, 4) is 5.75 Å². The Morgan fingerprint density at radius 3 is 2.49 bits per heavy atom. The van der Waals surface area contributed by atoms with E-state index in [0.29, 0.717) is 16.9 Å². The van der Waals surface area contributed by atoms with Gasteiger partial charge in [-0.15, -0.1) is 0 Å². The van der Waals surface area contributed by atoms with Crippen molar-refractivity contribution in [3.63, 3.8) is 0 Å². The molecule has 0 saturated carbocycles. The van der Waals surface area contributed by atoms with Crippen LogP contribution >= 0.6 is 11.6 Å². The fraction of sp³-hybridized carbons (Fsp3) is 0.240. The molecule has 37 heavy (non-hydrogen) atoms. The molecular formula is C25H23ClF2N4O5. The molecule has 3 N–H and O–H groups in total. The minimum Gasteiger partial charge on any atom is -0.487 e. The van der Waals surface area contributed by atoms with Crippen LogP contribution in [-0.4, -0.2) is 33.9 Å². The highest BCUT2D eigenvalue weighted by molar-refractivity contribution is 6.31. The van der Waals surface area contributed by atoms with Gasteiger partial charge in [0, 0.05) is 17.8 Å². The molecule has 9 nitrogen and oxygen atoms in total. The number of benzene rings is 2. The lowest BCUT2D eigenvalue weighted by molar-refractivity contribution is -0.133. The number of primary amides is 1. The number of hydrogen-bond donors (Lipinski definition) is 2. The number of anilines is 2. The van der Waals surface area contributed by atoms with Crippen LogP contribution in [0.15, 0.2) is 53.5 Å². The van der Waals surface area contributed by atoms with E-state index in [-0.39, 0.29) is 36.2 Å². The van der Waals surface area contributed by atoms with Gasteiger partial charge < -0.3 is 20.1 Å². The lowest BCUT2D eigenvalue weighted by atomic mass is 10.1. The summed E-state index contributed by atoms with van der Waals surface area (Å²) < 4.78 is 33.7. The second kappa shape index (κ2) is 9.83. The third-order valence-electron chi connectivity index (χ3n) is 5.76. The van der Waals surface area contributed by atoms with Gasteiger partial charge in [-0.1, -0.05) is 17.7 Å². The molecular weight excluding hydrogens is 510 g/mol. The molecule has 0 saturated heterocycles. The van der Waals surface area contributed by atoms with E-state index in [0.717, 1.165) is 12.1 Å². The van der Waals surface area contributed by atoms with Crippen LogP contribution in [0.1, 0.15) is 25.0 Å². The first kappa shape index (κ1) is 26.1. The van der Waals surface area contributed by atoms with E-state index in [1.54, 1.807) is 18.2 Å². The highest BCUT2D eigenvalue weighted by Gasteiger charge is 2.38. The summed E-state index contributed by atoms with van der Waals surface area (Å²) in [6.45, 7) is 2.32. The number of urea groups is 1. The number of carbonyl (C=O) groups is 2. The maximum Gasteiger partial charge on any atom is 0.320 e. The van der Waals surface area contributed by atoms with Gasteiger partial charge in [0.15, 0.2) is 0 Å². The van der Waals surface area contributed by atoms with E-state index in [4.69, 9.17) is 22.1 Å². The van der Waals surface area contributed by atoms with Crippen molar-refractivity contribution in [2.24, 2.45) is 5.73 Å². The molecule has 0 bridgehead atoms. The predicted molar refractivity (Wildman–Crippen MR) is 133 cm³/mol. The topological polar surface area (TPSA) is 118 Å². The molecule has 12 heteroatoms. The zero-order valence-corrected chi connectivity index (χ0v) is 20.6. The van der Waals surface area contributed by atoms with Crippen LogP contribution in [0.5, 0.6) is 5.75 Å². The van der Waals surface area contributed by atoms with Gasteiger partial charge in [-0.25, -0.2) is 13.6 Å². The quantitative estimate of drug-likeness (QED) is 0.505. The molecule has 0 unspecified atom stereocenters. The van der Waals surface area contributed by atoms with Crippen molar-refractivity contribution in [1.82, 2.24) is 4.57 Å². The number of rotatable bonds is 6. The summed E-state index contributed by atoms with van der Waals surface area (Å²) >= 11 is 6.20. The zero-order chi connectivity index (χ0) is 27.1. The summed E-state index contributed by atoms with van der Waals surface area (Å²) in [6.07, 6.45) is 1.44. The van der Waals surface area contributed by atoms with Crippen LogP contribution in [0.3, 0.4) is 0 Å². The third kappa shape index (κ3) is 5.27. The molecule has 0 fully saturated rings. The van der Waals surface area contributed by atoms with Crippen molar-refractivity contribution in [2.45, 2.75) is 32.6 Å². The van der Waals surface area contributed by atoms with Crippen LogP contribution in [0, 0.1) is 11.6 Å². The molecule has 194 valence electrons. The number of ether oxygens (including phenoxy) is 1. The molecule has 4 rings (SSSR count). The largest absolute Gasteiger partial charge is 0.487 e. The number of nitrogens with zero attached hydrogens (tertiary/aromatic N) is 3. The summed E-state index contributed by atoms with van der Waals surface area (Å²) in [5.74, 6) is -2.08. The number of nitrogens with two attached hydrogens (primary N) is 1. The van der Waals surface area contributed by atoms with Gasteiger partial charge in [-0.3, -0.25) is 19.4 Å². The van der Waals surface area contributed by atoms with Crippen LogP contribution in [0.25, 0.3) is 0 Å². The van der Waals surface area contributed by atoms with Gasteiger partial charge in [-0.2, -0.15) is 0 Å². The van der Waals surface area contributed by atoms with E-state index in [2.05, 4.69) is 0 Å². The van der Waals surface area contributed by atoms with E-state index in [1.165, 1.54) is 46.5 Å². The summed E-state index contributed by atoms with van der Waals surface area (Å²) in [5.41, 5.74) is 4.68. The van der Waals surface area contributed by atoms with Crippen molar-refractivity contribution >= 4 is 34.9 Å². The number of hydrogen-bond acceptors (Lipinski definition) is 5. The Labute approximate surface area is 215 Å². The summed E-state index contributed by atoms with van der Waals surface area (Å²) in [4.78, 5) is 39.9. The van der Waals surface area contributed by atoms with E-state index >= 15 is 0 Å². The third-order valence-corrected chi connectivity index (χ3v) is 6.11. The van der Waals surface area contributed by atoms with Crippen LogP contribution in [0.2, 0.25) is 5.02 Å². The molecule has 1 aliphatic heterocycles. The van der Waals surface area contributed by atoms with E-state index in [9.17, 15) is 28.3 Å². The Balaban J connectivity index is 1.57. The Hall–Kier alpha value is -3.96. The van der Waals surface area contributed by atoms with E-state index < -0.39 is 34.7 Å². The standard InChI is InChI=1S/C25H23ClF2N4O5/c1-25(2,36)23(34)31-13-32(24(29)35)19-9-14(3-6-18(19)31)11-30-8-7-20(21(26)22(30)33)37-12-15-4-5-16(27)10-17(15)28/h3-10,36H,11-13H2,1-2H3,(H2,29,35). The molecule has 1 aliphatic rings. The molecule has 0 radical (unpaired) electrons.